The Balaban J connectivity index is 1.78. The molecule has 1 aliphatic rings. The Hall–Kier alpha value is -0.700. The zero-order chi connectivity index (χ0) is 13.8. The van der Waals surface area contributed by atoms with E-state index < -0.39 is 0 Å². The number of nitrogens with zero attached hydrogens (tertiary/aromatic N) is 2. The second-order valence-corrected chi connectivity index (χ2v) is 5.71. The van der Waals surface area contributed by atoms with Crippen LogP contribution in [0.1, 0.15) is 71.1 Å². The molecular formula is C16H33N3. The molecule has 0 spiro atoms. The lowest BCUT2D eigenvalue weighted by molar-refractivity contribution is 0.265. The van der Waals surface area contributed by atoms with Crippen LogP contribution in [-0.2, 0) is 0 Å². The molecular weight excluding hydrogens is 234 g/mol. The highest BCUT2D eigenvalue weighted by Gasteiger charge is 2.09. The van der Waals surface area contributed by atoms with Crippen molar-refractivity contribution in [2.24, 2.45) is 5.73 Å². The molecule has 0 bridgehead atoms. The number of nitrogens with two attached hydrogens (primary N) is 1. The second kappa shape index (κ2) is 11.2. The lowest BCUT2D eigenvalue weighted by Gasteiger charge is -2.19. The summed E-state index contributed by atoms with van der Waals surface area (Å²) in [7, 11) is 0. The van der Waals surface area contributed by atoms with Crippen molar-refractivity contribution in [1.29, 1.82) is 0 Å². The maximum absolute atomic E-state index is 5.60. The predicted octanol–water partition coefficient (Wildman–Crippen LogP) is 3.87. The Morgan fingerprint density at radius 3 is 1.84 bits per heavy atom. The van der Waals surface area contributed by atoms with Gasteiger partial charge in [0.25, 0.3) is 0 Å². The molecule has 0 amide bonds. The van der Waals surface area contributed by atoms with Gasteiger partial charge >= 0.3 is 0 Å². The third-order valence-electron chi connectivity index (χ3n) is 3.88. The van der Waals surface area contributed by atoms with Gasteiger partial charge in [-0.15, -0.1) is 0 Å². The van der Waals surface area contributed by atoms with Crippen LogP contribution in [0.3, 0.4) is 0 Å². The Morgan fingerprint density at radius 2 is 1.32 bits per heavy atom. The molecule has 1 rings (SSSR count). The fourth-order valence-electron chi connectivity index (χ4n) is 2.58. The molecule has 2 N–H and O–H groups in total. The Bertz CT molecular complexity index is 228. The van der Waals surface area contributed by atoms with Crippen LogP contribution < -0.4 is 5.73 Å². The smallest absolute Gasteiger partial charge is 0.0905 e. The van der Waals surface area contributed by atoms with Gasteiger partial charge in [-0.1, -0.05) is 64.7 Å². The van der Waals surface area contributed by atoms with Gasteiger partial charge in [0.05, 0.1) is 13.3 Å². The Kier molecular flexibility index (Phi) is 9.60. The van der Waals surface area contributed by atoms with Crippen molar-refractivity contribution < 1.29 is 0 Å². The molecule has 0 aromatic rings. The monoisotopic (exact) mass is 267 g/mol. The maximum Gasteiger partial charge on any atom is 0.0905 e. The minimum absolute atomic E-state index is 0.630. The van der Waals surface area contributed by atoms with Crippen LogP contribution in [0, 0.1) is 0 Å². The summed E-state index contributed by atoms with van der Waals surface area (Å²) in [5.41, 5.74) is 5.60. The van der Waals surface area contributed by atoms with E-state index in [0.29, 0.717) is 6.67 Å². The molecule has 0 unspecified atom stereocenters. The molecule has 1 heterocycles. The first-order valence-corrected chi connectivity index (χ1v) is 8.23. The SMILES string of the molecule is CCCCCCCCCCCCN1C=CN(CN)C1. The highest BCUT2D eigenvalue weighted by atomic mass is 15.4. The van der Waals surface area contributed by atoms with Gasteiger partial charge in [-0.25, -0.2) is 0 Å². The predicted molar refractivity (Wildman–Crippen MR) is 83.5 cm³/mol. The van der Waals surface area contributed by atoms with Crippen molar-refractivity contribution in [2.45, 2.75) is 71.1 Å². The normalized spacial score (nSPS) is 14.6. The van der Waals surface area contributed by atoms with Crippen molar-refractivity contribution in [1.82, 2.24) is 9.80 Å². The largest absolute Gasteiger partial charge is 0.359 e. The zero-order valence-corrected chi connectivity index (χ0v) is 12.8. The van der Waals surface area contributed by atoms with E-state index in [9.17, 15) is 0 Å². The Morgan fingerprint density at radius 1 is 0.789 bits per heavy atom. The first-order valence-electron chi connectivity index (χ1n) is 8.23. The van der Waals surface area contributed by atoms with Crippen LogP contribution in [0.5, 0.6) is 0 Å². The van der Waals surface area contributed by atoms with Crippen molar-refractivity contribution in [3.8, 4) is 0 Å². The van der Waals surface area contributed by atoms with Gasteiger partial charge in [0.15, 0.2) is 0 Å². The third kappa shape index (κ3) is 8.14. The van der Waals surface area contributed by atoms with E-state index in [-0.39, 0.29) is 0 Å². The fraction of sp³-hybridized carbons (Fsp3) is 0.875. The van der Waals surface area contributed by atoms with Gasteiger partial charge in [0.2, 0.25) is 0 Å². The van der Waals surface area contributed by atoms with E-state index in [0.717, 1.165) is 6.67 Å². The van der Waals surface area contributed by atoms with Gasteiger partial charge < -0.3 is 15.5 Å². The summed E-state index contributed by atoms with van der Waals surface area (Å²) >= 11 is 0. The standard InChI is InChI=1S/C16H33N3/c1-2-3-4-5-6-7-8-9-10-11-12-18-13-14-19(15-17)16-18/h13-14H,2-12,15-17H2,1H3. The van der Waals surface area contributed by atoms with E-state index in [1.54, 1.807) is 0 Å². The molecule has 0 aliphatic carbocycles. The van der Waals surface area contributed by atoms with Crippen molar-refractivity contribution in [2.75, 3.05) is 19.9 Å². The van der Waals surface area contributed by atoms with Crippen molar-refractivity contribution >= 4 is 0 Å². The first kappa shape index (κ1) is 16.4. The molecule has 112 valence electrons. The van der Waals surface area contributed by atoms with Gasteiger partial charge in [-0.2, -0.15) is 0 Å². The van der Waals surface area contributed by atoms with Crippen LogP contribution >= 0.6 is 0 Å². The van der Waals surface area contributed by atoms with Crippen LogP contribution in [0.25, 0.3) is 0 Å². The van der Waals surface area contributed by atoms with Crippen LogP contribution in [0.4, 0.5) is 0 Å². The number of hydrogen-bond acceptors (Lipinski definition) is 3. The van der Waals surface area contributed by atoms with Gasteiger partial charge in [0, 0.05) is 18.9 Å². The molecule has 0 aromatic carbocycles. The molecule has 0 saturated carbocycles. The van der Waals surface area contributed by atoms with E-state index in [1.165, 1.54) is 70.8 Å². The molecule has 19 heavy (non-hydrogen) atoms. The van der Waals surface area contributed by atoms with E-state index >= 15 is 0 Å². The molecule has 0 aromatic heterocycles. The van der Waals surface area contributed by atoms with Gasteiger partial charge in [-0.3, -0.25) is 0 Å². The lowest BCUT2D eigenvalue weighted by Crippen LogP contribution is -2.30. The number of hydrogen-bond donors (Lipinski definition) is 1. The quantitative estimate of drug-likeness (QED) is 0.545. The van der Waals surface area contributed by atoms with E-state index in [1.807, 2.05) is 0 Å². The zero-order valence-electron chi connectivity index (χ0n) is 12.8. The summed E-state index contributed by atoms with van der Waals surface area (Å²) < 4.78 is 0. The fourth-order valence-corrected chi connectivity index (χ4v) is 2.58. The summed E-state index contributed by atoms with van der Waals surface area (Å²) in [6, 6.07) is 0. The highest BCUT2D eigenvalue weighted by molar-refractivity contribution is 4.89. The average molecular weight is 267 g/mol. The van der Waals surface area contributed by atoms with Crippen molar-refractivity contribution in [3.05, 3.63) is 12.4 Å². The van der Waals surface area contributed by atoms with E-state index in [2.05, 4.69) is 29.1 Å². The van der Waals surface area contributed by atoms with Gasteiger partial charge in [0.1, 0.15) is 0 Å². The minimum Gasteiger partial charge on any atom is -0.359 e. The molecule has 1 aliphatic heterocycles. The molecule has 3 nitrogen and oxygen atoms in total. The second-order valence-electron chi connectivity index (χ2n) is 5.71. The first-order chi connectivity index (χ1) is 9.36. The highest BCUT2D eigenvalue weighted by Crippen LogP contribution is 2.12. The summed E-state index contributed by atoms with van der Waals surface area (Å²) in [5.74, 6) is 0. The topological polar surface area (TPSA) is 32.5 Å². The van der Waals surface area contributed by atoms with Crippen LogP contribution in [0.2, 0.25) is 0 Å². The molecule has 0 radical (unpaired) electrons. The Labute approximate surface area is 119 Å². The summed E-state index contributed by atoms with van der Waals surface area (Å²) in [6.07, 6.45) is 18.3. The molecule has 0 fully saturated rings. The minimum atomic E-state index is 0.630. The number of rotatable bonds is 12. The van der Waals surface area contributed by atoms with E-state index in [4.69, 9.17) is 5.73 Å². The maximum atomic E-state index is 5.60. The lowest BCUT2D eigenvalue weighted by atomic mass is 10.1. The van der Waals surface area contributed by atoms with Crippen LogP contribution in [-0.4, -0.2) is 29.7 Å². The number of unbranched alkanes of at least 4 members (excludes halogenated alkanes) is 9. The average Bonchev–Trinajstić information content (AvgIpc) is 2.89. The third-order valence-corrected chi connectivity index (χ3v) is 3.88. The summed E-state index contributed by atoms with van der Waals surface area (Å²) in [5, 5.41) is 0. The molecule has 0 saturated heterocycles. The van der Waals surface area contributed by atoms with Crippen LogP contribution in [0.15, 0.2) is 12.4 Å². The van der Waals surface area contributed by atoms with Crippen molar-refractivity contribution in [3.63, 3.8) is 0 Å². The molecule has 3 heteroatoms. The molecule has 0 atom stereocenters. The van der Waals surface area contributed by atoms with Gasteiger partial charge in [-0.05, 0) is 6.42 Å². The summed E-state index contributed by atoms with van der Waals surface area (Å²) in [6.45, 7) is 5.07. The summed E-state index contributed by atoms with van der Waals surface area (Å²) in [4.78, 5) is 4.49.